The van der Waals surface area contributed by atoms with Gasteiger partial charge in [-0.15, -0.1) is 4.40 Å². The Kier molecular flexibility index (Phi) is 6.02. The van der Waals surface area contributed by atoms with Crippen molar-refractivity contribution in [1.82, 2.24) is 10.2 Å². The first-order valence-electron chi connectivity index (χ1n) is 9.40. The van der Waals surface area contributed by atoms with Crippen LogP contribution in [0.25, 0.3) is 0 Å². The Hall–Kier alpha value is -2.42. The lowest BCUT2D eigenvalue weighted by molar-refractivity contribution is -0.153. The van der Waals surface area contributed by atoms with Crippen LogP contribution in [0.2, 0.25) is 0 Å². The number of esters is 1. The zero-order valence-corrected chi connectivity index (χ0v) is 16.9. The second kappa shape index (κ2) is 8.30. The maximum atomic E-state index is 12.2. The number of hydrogen-bond donors (Lipinski definition) is 1. The molecular weight excluding hydrogens is 382 g/mol. The fourth-order valence-electron chi connectivity index (χ4n) is 3.27. The highest BCUT2D eigenvalue weighted by atomic mass is 32.2. The number of rotatable bonds is 5. The summed E-state index contributed by atoms with van der Waals surface area (Å²) in [5.41, 5.74) is 0.602. The van der Waals surface area contributed by atoms with Gasteiger partial charge in [0.25, 0.3) is 15.9 Å². The van der Waals surface area contributed by atoms with Crippen LogP contribution in [-0.4, -0.2) is 57.3 Å². The maximum Gasteiger partial charge on any atom is 0.309 e. The fraction of sp³-hybridized carbons (Fsp3) is 0.526. The van der Waals surface area contributed by atoms with E-state index in [1.165, 1.54) is 0 Å². The molecule has 8 nitrogen and oxygen atoms in total. The smallest absolute Gasteiger partial charge is 0.309 e. The minimum atomic E-state index is -3.65. The van der Waals surface area contributed by atoms with Gasteiger partial charge in [0.1, 0.15) is 4.90 Å². The number of carbonyl (C=O) groups is 2. The molecule has 2 heterocycles. The van der Waals surface area contributed by atoms with Gasteiger partial charge < -0.3 is 15.0 Å². The third-order valence-electron chi connectivity index (χ3n) is 4.79. The number of nitrogens with one attached hydrogen (secondary N) is 1. The number of nitrogens with zero attached hydrogens (tertiary/aromatic N) is 2. The Bertz CT molecular complexity index is 887. The highest BCUT2D eigenvalue weighted by molar-refractivity contribution is 7.90. The molecule has 2 aliphatic rings. The van der Waals surface area contributed by atoms with Crippen LogP contribution in [0.1, 0.15) is 32.3 Å². The first-order chi connectivity index (χ1) is 13.3. The van der Waals surface area contributed by atoms with E-state index in [-0.39, 0.29) is 29.3 Å². The van der Waals surface area contributed by atoms with Crippen molar-refractivity contribution in [1.29, 1.82) is 0 Å². The second-order valence-electron chi connectivity index (χ2n) is 7.45. The summed E-state index contributed by atoms with van der Waals surface area (Å²) in [7, 11) is -3.65. The van der Waals surface area contributed by atoms with Crippen LogP contribution in [0.4, 0.5) is 0 Å². The summed E-state index contributed by atoms with van der Waals surface area (Å²) in [4.78, 5) is 26.0. The lowest BCUT2D eigenvalue weighted by Crippen LogP contribution is -2.41. The summed E-state index contributed by atoms with van der Waals surface area (Å²) in [6, 6.07) is 6.75. The number of amides is 1. The first-order valence-corrected chi connectivity index (χ1v) is 10.8. The van der Waals surface area contributed by atoms with Crippen molar-refractivity contribution < 1.29 is 22.7 Å². The van der Waals surface area contributed by atoms with Gasteiger partial charge in [-0.05, 0) is 30.9 Å². The van der Waals surface area contributed by atoms with Gasteiger partial charge >= 0.3 is 5.97 Å². The fourth-order valence-corrected chi connectivity index (χ4v) is 4.49. The van der Waals surface area contributed by atoms with E-state index in [0.717, 1.165) is 0 Å². The molecule has 1 amide bonds. The van der Waals surface area contributed by atoms with Crippen LogP contribution in [0.3, 0.4) is 0 Å². The van der Waals surface area contributed by atoms with E-state index in [9.17, 15) is 18.0 Å². The second-order valence-corrected chi connectivity index (χ2v) is 9.03. The first kappa shape index (κ1) is 20.3. The van der Waals surface area contributed by atoms with Gasteiger partial charge in [0.15, 0.2) is 12.4 Å². The normalized spacial score (nSPS) is 18.5. The molecule has 0 aromatic heterocycles. The van der Waals surface area contributed by atoms with Crippen molar-refractivity contribution in [3.05, 3.63) is 29.8 Å². The Morgan fingerprint density at radius 1 is 1.25 bits per heavy atom. The predicted octanol–water partition coefficient (Wildman–Crippen LogP) is 1.16. The zero-order valence-electron chi connectivity index (χ0n) is 16.1. The number of sulfonamides is 1. The molecule has 1 aromatic carbocycles. The van der Waals surface area contributed by atoms with E-state index in [2.05, 4.69) is 9.71 Å². The molecule has 1 N–H and O–H groups in total. The Morgan fingerprint density at radius 3 is 2.61 bits per heavy atom. The molecule has 2 aliphatic heterocycles. The number of ether oxygens (including phenoxy) is 1. The summed E-state index contributed by atoms with van der Waals surface area (Å²) in [6.07, 6.45) is 1.04. The molecule has 1 aromatic rings. The van der Waals surface area contributed by atoms with Crippen LogP contribution >= 0.6 is 0 Å². The summed E-state index contributed by atoms with van der Waals surface area (Å²) in [5, 5.41) is 2.70. The van der Waals surface area contributed by atoms with Gasteiger partial charge in [-0.25, -0.2) is 0 Å². The van der Waals surface area contributed by atoms with E-state index in [1.54, 1.807) is 24.3 Å². The molecule has 3 rings (SSSR count). The van der Waals surface area contributed by atoms with Crippen LogP contribution < -0.4 is 5.32 Å². The molecule has 1 saturated heterocycles. The molecule has 0 aliphatic carbocycles. The SMILES string of the molecule is CC(C)CNC(=O)COC(=O)C1CCN(C2=NS(=O)(=O)c3ccccc32)CC1. The Balaban J connectivity index is 1.53. The maximum absolute atomic E-state index is 12.2. The molecule has 28 heavy (non-hydrogen) atoms. The van der Waals surface area contributed by atoms with Gasteiger partial charge in [0.05, 0.1) is 5.92 Å². The Labute approximate surface area is 165 Å². The van der Waals surface area contributed by atoms with E-state index >= 15 is 0 Å². The van der Waals surface area contributed by atoms with Crippen molar-refractivity contribution in [3.63, 3.8) is 0 Å². The highest BCUT2D eigenvalue weighted by Crippen LogP contribution is 2.29. The molecule has 0 atom stereocenters. The molecule has 152 valence electrons. The zero-order chi connectivity index (χ0) is 20.3. The number of amidine groups is 1. The van der Waals surface area contributed by atoms with E-state index in [4.69, 9.17) is 4.74 Å². The Morgan fingerprint density at radius 2 is 1.93 bits per heavy atom. The average molecular weight is 407 g/mol. The third-order valence-corrected chi connectivity index (χ3v) is 6.12. The average Bonchev–Trinajstić information content (AvgIpc) is 2.96. The molecule has 0 unspecified atom stereocenters. The molecule has 0 bridgehead atoms. The minimum absolute atomic E-state index is 0.221. The summed E-state index contributed by atoms with van der Waals surface area (Å²) < 4.78 is 33.4. The van der Waals surface area contributed by atoms with E-state index < -0.39 is 10.0 Å². The van der Waals surface area contributed by atoms with Gasteiger partial charge in [0.2, 0.25) is 0 Å². The quantitative estimate of drug-likeness (QED) is 0.735. The largest absolute Gasteiger partial charge is 0.455 e. The van der Waals surface area contributed by atoms with Gasteiger partial charge in [-0.1, -0.05) is 26.0 Å². The molecule has 0 saturated carbocycles. The van der Waals surface area contributed by atoms with Gasteiger partial charge in [0, 0.05) is 25.2 Å². The number of benzene rings is 1. The minimum Gasteiger partial charge on any atom is -0.455 e. The monoisotopic (exact) mass is 407 g/mol. The molecule has 0 radical (unpaired) electrons. The number of likely N-dealkylation sites (tertiary alicyclic amines) is 1. The van der Waals surface area contributed by atoms with Crippen molar-refractivity contribution in [2.75, 3.05) is 26.2 Å². The van der Waals surface area contributed by atoms with Crippen molar-refractivity contribution >= 4 is 27.7 Å². The molecule has 1 fully saturated rings. The number of hydrogen-bond acceptors (Lipinski definition) is 6. The van der Waals surface area contributed by atoms with Crippen LogP contribution in [0.5, 0.6) is 0 Å². The summed E-state index contributed by atoms with van der Waals surface area (Å²) in [6.45, 7) is 5.24. The highest BCUT2D eigenvalue weighted by Gasteiger charge is 2.34. The number of piperidine rings is 1. The third kappa shape index (κ3) is 4.52. The van der Waals surface area contributed by atoms with Crippen LogP contribution in [-0.2, 0) is 24.3 Å². The van der Waals surface area contributed by atoms with Crippen molar-refractivity contribution in [3.8, 4) is 0 Å². The van der Waals surface area contributed by atoms with E-state index in [0.29, 0.717) is 49.8 Å². The lowest BCUT2D eigenvalue weighted by Gasteiger charge is -2.32. The predicted molar refractivity (Wildman–Crippen MR) is 103 cm³/mol. The number of fused-ring (bicyclic) bond motifs is 1. The standard InChI is InChI=1S/C19H25N3O5S/c1-13(2)11-20-17(23)12-27-19(24)14-7-9-22(10-8-14)18-15-5-3-4-6-16(15)28(25,26)21-18/h3-6,13-14H,7-12H2,1-2H3,(H,20,23). The van der Waals surface area contributed by atoms with Crippen molar-refractivity contribution in [2.24, 2.45) is 16.2 Å². The van der Waals surface area contributed by atoms with E-state index in [1.807, 2.05) is 18.7 Å². The van der Waals surface area contributed by atoms with Crippen molar-refractivity contribution in [2.45, 2.75) is 31.6 Å². The topological polar surface area (TPSA) is 105 Å². The van der Waals surface area contributed by atoms with Gasteiger partial charge in [-0.2, -0.15) is 8.42 Å². The summed E-state index contributed by atoms with van der Waals surface area (Å²) in [5.74, 6) is -0.225. The van der Waals surface area contributed by atoms with Crippen LogP contribution in [0, 0.1) is 11.8 Å². The number of carbonyl (C=O) groups excluding carboxylic acids is 2. The molecule has 0 spiro atoms. The lowest BCUT2D eigenvalue weighted by atomic mass is 9.96. The van der Waals surface area contributed by atoms with Gasteiger partial charge in [-0.3, -0.25) is 9.59 Å². The molecular formula is C19H25N3O5S. The van der Waals surface area contributed by atoms with Crippen LogP contribution in [0.15, 0.2) is 33.6 Å². The summed E-state index contributed by atoms with van der Waals surface area (Å²) >= 11 is 0. The molecule has 9 heteroatoms.